The number of hydrogen-bond acceptors (Lipinski definition) is 7. The fourth-order valence-electron chi connectivity index (χ4n) is 3.59. The van der Waals surface area contributed by atoms with E-state index in [-0.39, 0.29) is 24.9 Å². The molecule has 0 unspecified atom stereocenters. The Morgan fingerprint density at radius 1 is 1.03 bits per heavy atom. The fraction of sp³-hybridized carbons (Fsp3) is 0.318. The molecule has 0 saturated carbocycles. The van der Waals surface area contributed by atoms with Crippen LogP contribution < -0.4 is 10.2 Å². The standard InChI is InChI=1S/C22H25ClN8O2/c1-28(15-20(32)24-19-10-6-5-9-18(19)23)21(33)16-29-11-13-30(14-12-29)22-25-26-27-31(22)17-7-3-2-4-8-17/h2-10H,11-16H2,1H3,(H,24,32). The van der Waals surface area contributed by atoms with Crippen LogP contribution in [0.25, 0.3) is 5.69 Å². The molecule has 0 atom stereocenters. The quantitative estimate of drug-likeness (QED) is 0.561. The summed E-state index contributed by atoms with van der Waals surface area (Å²) in [7, 11) is 1.62. The van der Waals surface area contributed by atoms with Crippen LogP contribution in [-0.4, -0.2) is 88.1 Å². The van der Waals surface area contributed by atoms with Gasteiger partial charge in [-0.2, -0.15) is 4.68 Å². The van der Waals surface area contributed by atoms with Crippen molar-refractivity contribution < 1.29 is 9.59 Å². The third kappa shape index (κ3) is 5.65. The van der Waals surface area contributed by atoms with E-state index in [4.69, 9.17) is 11.6 Å². The van der Waals surface area contributed by atoms with Crippen LogP contribution in [0.4, 0.5) is 11.6 Å². The predicted molar refractivity (Wildman–Crippen MR) is 126 cm³/mol. The van der Waals surface area contributed by atoms with Crippen molar-refractivity contribution in [1.82, 2.24) is 30.0 Å². The highest BCUT2D eigenvalue weighted by atomic mass is 35.5. The van der Waals surface area contributed by atoms with Crippen molar-refractivity contribution in [3.63, 3.8) is 0 Å². The highest BCUT2D eigenvalue weighted by Crippen LogP contribution is 2.20. The zero-order valence-corrected chi connectivity index (χ0v) is 19.0. The maximum absolute atomic E-state index is 12.6. The average Bonchev–Trinajstić information content (AvgIpc) is 3.31. The highest BCUT2D eigenvalue weighted by Gasteiger charge is 2.24. The Kier molecular flexibility index (Phi) is 7.16. The largest absolute Gasteiger partial charge is 0.337 e. The number of hydrogen-bond donors (Lipinski definition) is 1. The van der Waals surface area contributed by atoms with E-state index < -0.39 is 0 Å². The van der Waals surface area contributed by atoms with Gasteiger partial charge < -0.3 is 15.1 Å². The van der Waals surface area contributed by atoms with E-state index in [2.05, 4.69) is 30.6 Å². The number of carbonyl (C=O) groups is 2. The molecule has 172 valence electrons. The van der Waals surface area contributed by atoms with Crippen LogP contribution in [0.1, 0.15) is 0 Å². The first-order valence-electron chi connectivity index (χ1n) is 10.6. The Morgan fingerprint density at radius 3 is 2.45 bits per heavy atom. The molecule has 3 aromatic rings. The first-order chi connectivity index (χ1) is 16.0. The number of rotatable bonds is 7. The molecule has 1 saturated heterocycles. The number of carbonyl (C=O) groups excluding carboxylic acids is 2. The van der Waals surface area contributed by atoms with Gasteiger partial charge in [-0.15, -0.1) is 0 Å². The van der Waals surface area contributed by atoms with E-state index in [1.165, 1.54) is 4.90 Å². The van der Waals surface area contributed by atoms with E-state index in [1.54, 1.807) is 36.0 Å². The maximum atomic E-state index is 12.6. The molecule has 10 nitrogen and oxygen atoms in total. The van der Waals surface area contributed by atoms with Crippen molar-refractivity contribution >= 4 is 35.1 Å². The van der Waals surface area contributed by atoms with Gasteiger partial charge in [-0.25, -0.2) is 0 Å². The Bertz CT molecular complexity index is 1100. The van der Waals surface area contributed by atoms with Gasteiger partial charge in [-0.1, -0.05) is 47.0 Å². The molecular weight excluding hydrogens is 444 g/mol. The van der Waals surface area contributed by atoms with Crippen LogP contribution in [0, 0.1) is 0 Å². The molecule has 11 heteroatoms. The number of aromatic nitrogens is 4. The van der Waals surface area contributed by atoms with Crippen LogP contribution in [0.5, 0.6) is 0 Å². The van der Waals surface area contributed by atoms with Crippen LogP contribution in [0.2, 0.25) is 5.02 Å². The van der Waals surface area contributed by atoms with E-state index in [0.29, 0.717) is 42.8 Å². The molecule has 1 aliphatic rings. The molecule has 33 heavy (non-hydrogen) atoms. The number of halogens is 1. The second kappa shape index (κ2) is 10.4. The lowest BCUT2D eigenvalue weighted by Gasteiger charge is -2.35. The Morgan fingerprint density at radius 2 is 1.73 bits per heavy atom. The van der Waals surface area contributed by atoms with Gasteiger partial charge in [-0.05, 0) is 34.7 Å². The zero-order chi connectivity index (χ0) is 23.2. The maximum Gasteiger partial charge on any atom is 0.250 e. The van der Waals surface area contributed by atoms with Crippen molar-refractivity contribution in [3.8, 4) is 5.69 Å². The second-order valence-electron chi connectivity index (χ2n) is 7.77. The van der Waals surface area contributed by atoms with Crippen molar-refractivity contribution in [3.05, 3.63) is 59.6 Å². The summed E-state index contributed by atoms with van der Waals surface area (Å²) in [6.07, 6.45) is 0. The summed E-state index contributed by atoms with van der Waals surface area (Å²) in [6.45, 7) is 2.96. The molecule has 1 aliphatic heterocycles. The van der Waals surface area contributed by atoms with Crippen LogP contribution in [0.3, 0.4) is 0 Å². The number of benzene rings is 2. The molecule has 0 radical (unpaired) electrons. The summed E-state index contributed by atoms with van der Waals surface area (Å²) in [5.74, 6) is 0.268. The van der Waals surface area contributed by atoms with Crippen molar-refractivity contribution in [2.45, 2.75) is 0 Å². The van der Waals surface area contributed by atoms with Gasteiger partial charge in [-0.3, -0.25) is 14.5 Å². The SMILES string of the molecule is CN(CC(=O)Nc1ccccc1Cl)C(=O)CN1CCN(c2nnnn2-c2ccccc2)CC1. The van der Waals surface area contributed by atoms with Gasteiger partial charge in [0.15, 0.2) is 0 Å². The van der Waals surface area contributed by atoms with Crippen LogP contribution >= 0.6 is 11.6 Å². The molecule has 1 fully saturated rings. The molecule has 0 spiro atoms. The van der Waals surface area contributed by atoms with Crippen molar-refractivity contribution in [2.75, 3.05) is 56.5 Å². The Labute approximate surface area is 196 Å². The molecule has 2 aromatic carbocycles. The highest BCUT2D eigenvalue weighted by molar-refractivity contribution is 6.33. The average molecular weight is 469 g/mol. The van der Waals surface area contributed by atoms with E-state index in [1.807, 2.05) is 30.3 Å². The number of anilines is 2. The zero-order valence-electron chi connectivity index (χ0n) is 18.3. The first-order valence-corrected chi connectivity index (χ1v) is 11.0. The first kappa shape index (κ1) is 22.7. The summed E-state index contributed by atoms with van der Waals surface area (Å²) in [5.41, 5.74) is 1.42. The van der Waals surface area contributed by atoms with Gasteiger partial charge in [0.05, 0.1) is 29.5 Å². The fourth-order valence-corrected chi connectivity index (χ4v) is 3.77. The van der Waals surface area contributed by atoms with Gasteiger partial charge in [0, 0.05) is 33.2 Å². The summed E-state index contributed by atoms with van der Waals surface area (Å²) < 4.78 is 1.71. The lowest BCUT2D eigenvalue weighted by atomic mass is 10.3. The summed E-state index contributed by atoms with van der Waals surface area (Å²) >= 11 is 6.07. The van der Waals surface area contributed by atoms with Gasteiger partial charge in [0.25, 0.3) is 0 Å². The minimum atomic E-state index is -0.295. The topological polar surface area (TPSA) is 99.5 Å². The monoisotopic (exact) mass is 468 g/mol. The molecule has 0 aliphatic carbocycles. The number of tetrazole rings is 1. The van der Waals surface area contributed by atoms with Gasteiger partial charge in [0.1, 0.15) is 0 Å². The van der Waals surface area contributed by atoms with Crippen molar-refractivity contribution in [1.29, 1.82) is 0 Å². The molecule has 1 aromatic heterocycles. The van der Waals surface area contributed by atoms with Gasteiger partial charge in [0.2, 0.25) is 17.8 Å². The second-order valence-corrected chi connectivity index (χ2v) is 8.17. The number of piperazine rings is 1. The van der Waals surface area contributed by atoms with E-state index in [9.17, 15) is 9.59 Å². The molecule has 2 amide bonds. The summed E-state index contributed by atoms with van der Waals surface area (Å²) in [4.78, 5) is 30.5. The number of amides is 2. The smallest absolute Gasteiger partial charge is 0.250 e. The minimum Gasteiger partial charge on any atom is -0.337 e. The normalized spacial score (nSPS) is 14.2. The van der Waals surface area contributed by atoms with Gasteiger partial charge >= 0.3 is 0 Å². The Balaban J connectivity index is 1.26. The lowest BCUT2D eigenvalue weighted by molar-refractivity contribution is -0.134. The van der Waals surface area contributed by atoms with Crippen LogP contribution in [0.15, 0.2) is 54.6 Å². The van der Waals surface area contributed by atoms with Crippen molar-refractivity contribution in [2.24, 2.45) is 0 Å². The predicted octanol–water partition coefficient (Wildman–Crippen LogP) is 1.53. The molecule has 0 bridgehead atoms. The summed E-state index contributed by atoms with van der Waals surface area (Å²) in [5, 5.41) is 15.3. The molecule has 1 N–H and O–H groups in total. The summed E-state index contributed by atoms with van der Waals surface area (Å²) in [6, 6.07) is 16.7. The molecule has 2 heterocycles. The molecule has 4 rings (SSSR count). The minimum absolute atomic E-state index is 0.0458. The lowest BCUT2D eigenvalue weighted by Crippen LogP contribution is -2.50. The third-order valence-corrected chi connectivity index (χ3v) is 5.75. The van der Waals surface area contributed by atoms with E-state index in [0.717, 1.165) is 5.69 Å². The molecular formula is C22H25ClN8O2. The number of likely N-dealkylation sites (N-methyl/N-ethyl adjacent to an activating group) is 1. The number of para-hydroxylation sites is 2. The van der Waals surface area contributed by atoms with Crippen LogP contribution in [-0.2, 0) is 9.59 Å². The Hall–Kier alpha value is -3.50. The number of nitrogens with zero attached hydrogens (tertiary/aromatic N) is 7. The van der Waals surface area contributed by atoms with E-state index >= 15 is 0 Å². The number of nitrogens with one attached hydrogen (secondary N) is 1. The third-order valence-electron chi connectivity index (χ3n) is 5.42.